The molecule has 0 bridgehead atoms. The first-order chi connectivity index (χ1) is 14.2. The molecule has 0 atom stereocenters. The fourth-order valence-corrected chi connectivity index (χ4v) is 10.5. The van der Waals surface area contributed by atoms with E-state index in [1.807, 2.05) is 78.9 Å². The van der Waals surface area contributed by atoms with Crippen LogP contribution < -0.4 is 15.9 Å². The van der Waals surface area contributed by atoms with Gasteiger partial charge in [0.1, 0.15) is 0 Å². The molecule has 0 amide bonds. The minimum absolute atomic E-state index is 0.629. The van der Waals surface area contributed by atoms with E-state index >= 15 is 0 Å². The monoisotopic (exact) mass is 413 g/mol. The molecule has 0 aliphatic heterocycles. The third kappa shape index (κ3) is 3.26. The van der Waals surface area contributed by atoms with E-state index in [9.17, 15) is 5.26 Å². The molecule has 0 N–H and O–H groups in total. The molecule has 4 aromatic rings. The summed E-state index contributed by atoms with van der Waals surface area (Å²) in [6, 6.07) is 41.1. The molecule has 0 radical (unpaired) electrons. The Morgan fingerprint density at radius 1 is 0.621 bits per heavy atom. The summed E-state index contributed by atoms with van der Waals surface area (Å²) in [5.41, 5.74) is 1.78. The van der Waals surface area contributed by atoms with Crippen molar-refractivity contribution >= 4 is 33.1 Å². The third-order valence-corrected chi connectivity index (χ3v) is 12.6. The molecule has 0 aromatic heterocycles. The van der Waals surface area contributed by atoms with E-state index in [1.54, 1.807) is 0 Å². The van der Waals surface area contributed by atoms with Crippen LogP contribution in [0.5, 0.6) is 0 Å². The number of benzene rings is 4. The number of nitrogens with zero attached hydrogens (tertiary/aromatic N) is 1. The van der Waals surface area contributed by atoms with Crippen LogP contribution >= 0.6 is 17.2 Å². The quantitative estimate of drug-likeness (QED) is 0.382. The van der Waals surface area contributed by atoms with Gasteiger partial charge in [0, 0.05) is 0 Å². The first kappa shape index (κ1) is 19.4. The summed E-state index contributed by atoms with van der Waals surface area (Å²) >= 11 is 8.07. The van der Waals surface area contributed by atoms with Gasteiger partial charge >= 0.3 is 177 Å². The van der Waals surface area contributed by atoms with Crippen molar-refractivity contribution in [1.82, 2.24) is 0 Å². The van der Waals surface area contributed by atoms with Gasteiger partial charge in [-0.2, -0.15) is 0 Å². The number of halogens is 1. The average molecular weight is 414 g/mol. The molecule has 0 saturated carbocycles. The van der Waals surface area contributed by atoms with Crippen molar-refractivity contribution in [3.63, 3.8) is 0 Å². The third-order valence-electron chi connectivity index (χ3n) is 5.44. The summed E-state index contributed by atoms with van der Waals surface area (Å²) < 4.78 is 0. The van der Waals surface area contributed by atoms with E-state index in [2.05, 4.69) is 42.5 Å². The van der Waals surface area contributed by atoms with E-state index in [0.29, 0.717) is 11.7 Å². The predicted molar refractivity (Wildman–Crippen MR) is 126 cm³/mol. The first-order valence-electron chi connectivity index (χ1n) is 9.54. The van der Waals surface area contributed by atoms with Crippen LogP contribution in [0.1, 0.15) is 11.1 Å². The molecule has 29 heavy (non-hydrogen) atoms. The zero-order valence-electron chi connectivity index (χ0n) is 15.9. The van der Waals surface area contributed by atoms with Crippen LogP contribution in [0.25, 0.3) is 0 Å². The fourth-order valence-electron chi connectivity index (χ4n) is 4.07. The van der Waals surface area contributed by atoms with Gasteiger partial charge in [0.15, 0.2) is 0 Å². The average Bonchev–Trinajstić information content (AvgIpc) is 2.81. The summed E-state index contributed by atoms with van der Waals surface area (Å²) in [4.78, 5) is 0. The molecular formula is C26H21ClNP. The molecule has 4 aromatic carbocycles. The van der Waals surface area contributed by atoms with Crippen molar-refractivity contribution in [3.05, 3.63) is 126 Å². The Morgan fingerprint density at radius 3 is 1.59 bits per heavy atom. The van der Waals surface area contributed by atoms with E-state index < -0.39 is 5.96 Å². The standard InChI is InChI=1S/C26H21ClNP/c27-29(24-15-6-2-7-16-24,25-17-8-3-9-18-25,21-22-12-4-1-5-13-22)26-19-11-10-14-23(26)20-28/h1-19H,21H2. The molecule has 0 aliphatic carbocycles. The molecule has 0 unspecified atom stereocenters. The van der Waals surface area contributed by atoms with Crippen LogP contribution in [0, 0.1) is 11.3 Å². The van der Waals surface area contributed by atoms with E-state index in [4.69, 9.17) is 11.2 Å². The Balaban J connectivity index is 2.16. The van der Waals surface area contributed by atoms with Gasteiger partial charge in [-0.25, -0.2) is 0 Å². The van der Waals surface area contributed by atoms with Crippen LogP contribution in [0.4, 0.5) is 0 Å². The van der Waals surface area contributed by atoms with Gasteiger partial charge in [0.05, 0.1) is 0 Å². The van der Waals surface area contributed by atoms with Gasteiger partial charge in [-0.3, -0.25) is 0 Å². The molecule has 1 nitrogen and oxygen atoms in total. The van der Waals surface area contributed by atoms with Gasteiger partial charge in [0.2, 0.25) is 0 Å². The molecule has 4 rings (SSSR count). The zero-order chi connectivity index (χ0) is 20.2. The zero-order valence-corrected chi connectivity index (χ0v) is 17.6. The van der Waals surface area contributed by atoms with Crippen molar-refractivity contribution in [2.75, 3.05) is 0 Å². The normalized spacial score (nSPS) is 12.5. The molecule has 0 saturated heterocycles. The van der Waals surface area contributed by atoms with Crippen LogP contribution in [-0.4, -0.2) is 0 Å². The summed E-state index contributed by atoms with van der Waals surface area (Å²) in [6.45, 7) is 0. The van der Waals surface area contributed by atoms with E-state index in [0.717, 1.165) is 21.5 Å². The molecule has 0 aliphatic rings. The molecule has 3 heteroatoms. The minimum atomic E-state index is -3.50. The van der Waals surface area contributed by atoms with Crippen LogP contribution in [0.15, 0.2) is 115 Å². The van der Waals surface area contributed by atoms with Crippen molar-refractivity contribution in [2.45, 2.75) is 6.16 Å². The summed E-state index contributed by atoms with van der Waals surface area (Å²) in [6.07, 6.45) is 0.640. The maximum atomic E-state index is 9.97. The van der Waals surface area contributed by atoms with E-state index in [-0.39, 0.29) is 0 Å². The molecule has 0 spiro atoms. The summed E-state index contributed by atoms with van der Waals surface area (Å²) in [5.74, 6) is -3.50. The van der Waals surface area contributed by atoms with E-state index in [1.165, 1.54) is 0 Å². The number of rotatable bonds is 5. The summed E-state index contributed by atoms with van der Waals surface area (Å²) in [5, 5.41) is 13.0. The Bertz CT molecular complexity index is 1110. The second-order valence-corrected chi connectivity index (χ2v) is 13.6. The second-order valence-electron chi connectivity index (χ2n) is 7.13. The second kappa shape index (κ2) is 7.84. The van der Waals surface area contributed by atoms with Gasteiger partial charge < -0.3 is 0 Å². The Labute approximate surface area is 176 Å². The SMILES string of the molecule is N#Cc1ccccc1P(Cl)(Cc1ccccc1)(c1ccccc1)c1ccccc1. The molecular weight excluding hydrogens is 393 g/mol. The van der Waals surface area contributed by atoms with Crippen molar-refractivity contribution in [3.8, 4) is 6.07 Å². The van der Waals surface area contributed by atoms with Crippen molar-refractivity contribution in [2.24, 2.45) is 0 Å². The molecule has 142 valence electrons. The number of hydrogen-bond donors (Lipinski definition) is 0. The number of nitriles is 1. The Morgan fingerprint density at radius 2 is 1.07 bits per heavy atom. The maximum absolute atomic E-state index is 9.97. The predicted octanol–water partition coefficient (Wildman–Crippen LogP) is 5.74. The fraction of sp³-hybridized carbons (Fsp3) is 0.0385. The van der Waals surface area contributed by atoms with Crippen LogP contribution in [0.2, 0.25) is 0 Å². The Kier molecular flexibility index (Phi) is 5.25. The van der Waals surface area contributed by atoms with Gasteiger partial charge in [-0.1, -0.05) is 0 Å². The van der Waals surface area contributed by atoms with Crippen LogP contribution in [0.3, 0.4) is 0 Å². The first-order valence-corrected chi connectivity index (χ1v) is 12.9. The number of hydrogen-bond acceptors (Lipinski definition) is 1. The van der Waals surface area contributed by atoms with Gasteiger partial charge in [-0.05, 0) is 0 Å². The van der Waals surface area contributed by atoms with Gasteiger partial charge in [0.25, 0.3) is 0 Å². The van der Waals surface area contributed by atoms with Crippen LogP contribution in [-0.2, 0) is 6.16 Å². The van der Waals surface area contributed by atoms with Gasteiger partial charge in [-0.15, -0.1) is 0 Å². The topological polar surface area (TPSA) is 23.8 Å². The van der Waals surface area contributed by atoms with Crippen molar-refractivity contribution in [1.29, 1.82) is 5.26 Å². The molecule has 0 heterocycles. The summed E-state index contributed by atoms with van der Waals surface area (Å²) in [7, 11) is 0. The Hall–Kier alpha value is -2.91. The molecule has 0 fully saturated rings. The van der Waals surface area contributed by atoms with Crippen molar-refractivity contribution < 1.29 is 0 Å².